The average molecular weight is 316 g/mol. The van der Waals surface area contributed by atoms with Crippen molar-refractivity contribution in [3.63, 3.8) is 0 Å². The molecule has 0 spiro atoms. The summed E-state index contributed by atoms with van der Waals surface area (Å²) in [5.74, 6) is 0.877. The number of hydrogen-bond acceptors (Lipinski definition) is 4. The highest BCUT2D eigenvalue weighted by molar-refractivity contribution is 7.13. The molecule has 2 rings (SSSR count). The zero-order valence-corrected chi connectivity index (χ0v) is 13.8. The number of thiophene rings is 1. The highest BCUT2D eigenvalue weighted by Crippen LogP contribution is 2.18. The lowest BCUT2D eigenvalue weighted by molar-refractivity contribution is -0.123. The Labute approximate surface area is 134 Å². The number of carbonyl (C=O) groups is 1. The minimum Gasteiger partial charge on any atom is -0.484 e. The van der Waals surface area contributed by atoms with Gasteiger partial charge in [-0.05, 0) is 42.7 Å². The molecule has 0 atom stereocenters. The molecule has 1 N–H and O–H groups in total. The lowest BCUT2D eigenvalue weighted by Gasteiger charge is -2.08. The molecule has 0 radical (unpaired) electrons. The maximum absolute atomic E-state index is 11.6. The summed E-state index contributed by atoms with van der Waals surface area (Å²) >= 11 is 1.62. The molecule has 2 aromatic rings. The van der Waals surface area contributed by atoms with Crippen LogP contribution in [-0.4, -0.2) is 18.7 Å². The van der Waals surface area contributed by atoms with Crippen molar-refractivity contribution < 1.29 is 9.53 Å². The highest BCUT2D eigenvalue weighted by atomic mass is 32.1. The van der Waals surface area contributed by atoms with Crippen LogP contribution in [0.3, 0.4) is 0 Å². The van der Waals surface area contributed by atoms with Gasteiger partial charge in [-0.2, -0.15) is 5.10 Å². The van der Waals surface area contributed by atoms with Gasteiger partial charge < -0.3 is 4.74 Å². The van der Waals surface area contributed by atoms with E-state index < -0.39 is 0 Å². The fourth-order valence-electron chi connectivity index (χ4n) is 1.82. The van der Waals surface area contributed by atoms with Crippen molar-refractivity contribution in [2.45, 2.75) is 26.7 Å². The number of rotatable bonds is 6. The second-order valence-electron chi connectivity index (χ2n) is 5.25. The van der Waals surface area contributed by atoms with Gasteiger partial charge in [0.2, 0.25) is 0 Å². The average Bonchev–Trinajstić information content (AvgIpc) is 2.91. The first kappa shape index (κ1) is 16.2. The lowest BCUT2D eigenvalue weighted by Crippen LogP contribution is -2.24. The van der Waals surface area contributed by atoms with E-state index in [9.17, 15) is 4.79 Å². The summed E-state index contributed by atoms with van der Waals surface area (Å²) in [5.41, 5.74) is 3.70. The van der Waals surface area contributed by atoms with Gasteiger partial charge in [0.25, 0.3) is 5.91 Å². The molecular weight excluding hydrogens is 296 g/mol. The van der Waals surface area contributed by atoms with Gasteiger partial charge in [0.05, 0.1) is 6.21 Å². The van der Waals surface area contributed by atoms with Gasteiger partial charge in [0, 0.05) is 9.75 Å². The number of amides is 1. The predicted molar refractivity (Wildman–Crippen MR) is 90.8 cm³/mol. The van der Waals surface area contributed by atoms with Crippen LogP contribution in [-0.2, 0) is 4.79 Å². The molecule has 0 unspecified atom stereocenters. The molecule has 5 heteroatoms. The Morgan fingerprint density at radius 2 is 2.00 bits per heavy atom. The van der Waals surface area contributed by atoms with Crippen LogP contribution in [0.2, 0.25) is 0 Å². The van der Waals surface area contributed by atoms with Gasteiger partial charge >= 0.3 is 0 Å². The fourth-order valence-corrected chi connectivity index (χ4v) is 2.57. The van der Waals surface area contributed by atoms with Gasteiger partial charge in [0.1, 0.15) is 5.75 Å². The first-order valence-corrected chi connectivity index (χ1v) is 7.97. The number of carbonyl (C=O) groups excluding carboxylic acids is 1. The largest absolute Gasteiger partial charge is 0.484 e. The van der Waals surface area contributed by atoms with E-state index in [0.717, 1.165) is 4.88 Å². The molecule has 1 heterocycles. The van der Waals surface area contributed by atoms with Crippen molar-refractivity contribution in [2.75, 3.05) is 6.61 Å². The van der Waals surface area contributed by atoms with Crippen LogP contribution in [0, 0.1) is 6.92 Å². The number of nitrogens with one attached hydrogen (secondary N) is 1. The van der Waals surface area contributed by atoms with Gasteiger partial charge in [-0.1, -0.05) is 26.0 Å². The van der Waals surface area contributed by atoms with Crippen molar-refractivity contribution in [1.82, 2.24) is 5.43 Å². The maximum Gasteiger partial charge on any atom is 0.277 e. The minimum absolute atomic E-state index is 0.0537. The van der Waals surface area contributed by atoms with Crippen LogP contribution in [0.5, 0.6) is 5.75 Å². The first-order valence-electron chi connectivity index (χ1n) is 7.15. The zero-order valence-electron chi connectivity index (χ0n) is 13.0. The van der Waals surface area contributed by atoms with Crippen LogP contribution >= 0.6 is 11.3 Å². The van der Waals surface area contributed by atoms with E-state index in [2.05, 4.69) is 24.4 Å². The number of ether oxygens (including phenoxy) is 1. The molecular formula is C17H20N2O2S. The second kappa shape index (κ2) is 7.75. The number of hydrogen-bond donors (Lipinski definition) is 1. The van der Waals surface area contributed by atoms with Gasteiger partial charge in [-0.25, -0.2) is 5.43 Å². The quantitative estimate of drug-likeness (QED) is 0.652. The van der Waals surface area contributed by atoms with E-state index in [-0.39, 0.29) is 12.5 Å². The zero-order chi connectivity index (χ0) is 15.9. The van der Waals surface area contributed by atoms with E-state index in [1.54, 1.807) is 17.6 Å². The monoisotopic (exact) mass is 316 g/mol. The van der Waals surface area contributed by atoms with Gasteiger partial charge in [0.15, 0.2) is 6.61 Å². The number of hydrazone groups is 1. The Balaban J connectivity index is 1.76. The van der Waals surface area contributed by atoms with Crippen LogP contribution < -0.4 is 10.2 Å². The topological polar surface area (TPSA) is 50.7 Å². The lowest BCUT2D eigenvalue weighted by atomic mass is 10.0. The van der Waals surface area contributed by atoms with Crippen molar-refractivity contribution in [2.24, 2.45) is 5.10 Å². The maximum atomic E-state index is 11.6. The Hall–Kier alpha value is -2.14. The molecule has 0 aliphatic heterocycles. The number of aryl methyl sites for hydroxylation is 1. The molecule has 0 aliphatic carbocycles. The van der Waals surface area contributed by atoms with E-state index in [0.29, 0.717) is 11.7 Å². The van der Waals surface area contributed by atoms with Crippen LogP contribution in [0.15, 0.2) is 41.5 Å². The molecule has 22 heavy (non-hydrogen) atoms. The smallest absolute Gasteiger partial charge is 0.277 e. The molecule has 0 saturated carbocycles. The van der Waals surface area contributed by atoms with Crippen LogP contribution in [0.1, 0.15) is 35.1 Å². The molecule has 0 fully saturated rings. The number of nitrogens with zero attached hydrogens (tertiary/aromatic N) is 1. The standard InChI is InChI=1S/C17H20N2O2S/c1-12(2)14-5-7-15(8-6-14)21-11-17(20)19-18-10-16-9-4-13(3)22-16/h4-10,12H,11H2,1-3H3,(H,19,20)/b18-10-. The SMILES string of the molecule is Cc1ccc(/C=N\NC(=O)COc2ccc(C(C)C)cc2)s1. The Morgan fingerprint density at radius 1 is 1.27 bits per heavy atom. The van der Waals surface area contributed by atoms with Crippen LogP contribution in [0.4, 0.5) is 0 Å². The second-order valence-corrected chi connectivity index (χ2v) is 6.57. The third-order valence-corrected chi connectivity index (χ3v) is 3.99. The Bertz CT molecular complexity index is 645. The predicted octanol–water partition coefficient (Wildman–Crippen LogP) is 3.71. The third kappa shape index (κ3) is 5.00. The van der Waals surface area contributed by atoms with Gasteiger partial charge in [-0.15, -0.1) is 11.3 Å². The summed E-state index contributed by atoms with van der Waals surface area (Å²) in [6.07, 6.45) is 1.63. The minimum atomic E-state index is -0.280. The van der Waals surface area contributed by atoms with E-state index in [1.165, 1.54) is 10.4 Å². The summed E-state index contributed by atoms with van der Waals surface area (Å²) in [4.78, 5) is 13.9. The van der Waals surface area contributed by atoms with Crippen LogP contribution in [0.25, 0.3) is 0 Å². The molecule has 116 valence electrons. The molecule has 0 bridgehead atoms. The summed E-state index contributed by atoms with van der Waals surface area (Å²) in [6.45, 7) is 6.24. The number of benzene rings is 1. The fraction of sp³-hybridized carbons (Fsp3) is 0.294. The van der Waals surface area contributed by atoms with E-state index in [4.69, 9.17) is 4.74 Å². The summed E-state index contributed by atoms with van der Waals surface area (Å²) in [5, 5.41) is 3.91. The summed E-state index contributed by atoms with van der Waals surface area (Å²) < 4.78 is 5.43. The molecule has 1 aromatic heterocycles. The van der Waals surface area contributed by atoms with E-state index >= 15 is 0 Å². The Kier molecular flexibility index (Phi) is 5.72. The highest BCUT2D eigenvalue weighted by Gasteiger charge is 2.03. The molecule has 1 aromatic carbocycles. The molecule has 0 saturated heterocycles. The van der Waals surface area contributed by atoms with Crippen molar-refractivity contribution in [1.29, 1.82) is 0 Å². The Morgan fingerprint density at radius 3 is 2.59 bits per heavy atom. The molecule has 1 amide bonds. The molecule has 4 nitrogen and oxygen atoms in total. The normalized spacial score (nSPS) is 11.1. The van der Waals surface area contributed by atoms with Crippen molar-refractivity contribution in [3.05, 3.63) is 51.7 Å². The molecule has 0 aliphatic rings. The van der Waals surface area contributed by atoms with Crippen molar-refractivity contribution >= 4 is 23.5 Å². The first-order chi connectivity index (χ1) is 10.5. The van der Waals surface area contributed by atoms with E-state index in [1.807, 2.05) is 43.3 Å². The summed E-state index contributed by atoms with van der Waals surface area (Å²) in [6, 6.07) is 11.7. The third-order valence-electron chi connectivity index (χ3n) is 3.06. The van der Waals surface area contributed by atoms with Gasteiger partial charge in [-0.3, -0.25) is 4.79 Å². The van der Waals surface area contributed by atoms with Crippen molar-refractivity contribution in [3.8, 4) is 5.75 Å². The summed E-state index contributed by atoms with van der Waals surface area (Å²) in [7, 11) is 0.